The van der Waals surface area contributed by atoms with Crippen LogP contribution in [0.3, 0.4) is 0 Å². The lowest BCUT2D eigenvalue weighted by atomic mass is 10.1. The van der Waals surface area contributed by atoms with E-state index in [1.807, 2.05) is 27.1 Å². The summed E-state index contributed by atoms with van der Waals surface area (Å²) < 4.78 is 29.2. The molecular weight excluding hydrogens is 476 g/mol. The summed E-state index contributed by atoms with van der Waals surface area (Å²) in [5.74, 6) is -0.181. The van der Waals surface area contributed by atoms with Crippen LogP contribution in [-0.4, -0.2) is 68.3 Å². The third kappa shape index (κ3) is 5.00. The summed E-state index contributed by atoms with van der Waals surface area (Å²) in [6, 6.07) is 6.78. The van der Waals surface area contributed by atoms with Gasteiger partial charge in [0, 0.05) is 13.1 Å². The molecule has 178 valence electrons. The molecule has 1 aliphatic rings. The van der Waals surface area contributed by atoms with Crippen molar-refractivity contribution in [3.8, 4) is 0 Å². The van der Waals surface area contributed by atoms with Crippen LogP contribution in [0.2, 0.25) is 0 Å². The van der Waals surface area contributed by atoms with Gasteiger partial charge in [0.05, 0.1) is 10.2 Å². The Hall–Kier alpha value is -1.85. The quantitative estimate of drug-likeness (QED) is 0.460. The minimum Gasteiger partial charge on any atom is -0.309 e. The second kappa shape index (κ2) is 9.79. The maximum absolute atomic E-state index is 13.9. The van der Waals surface area contributed by atoms with Gasteiger partial charge in [0.15, 0.2) is 5.13 Å². The lowest BCUT2D eigenvalue weighted by Crippen LogP contribution is -2.48. The summed E-state index contributed by atoms with van der Waals surface area (Å²) in [6.07, 6.45) is 1.97. The standard InChI is InChI=1S/C23H30N4O3S3/c1-16-14-17(2)21-18(15-16)24-23(32-21)26(11-7-10-25(3)4)22(28)19-8-5-12-27(19)33(29,30)20-9-6-13-31-20/h6,9,13-15,19H,5,7-8,10-12H2,1-4H3. The number of benzene rings is 1. The molecule has 1 unspecified atom stereocenters. The van der Waals surface area contributed by atoms with Crippen molar-refractivity contribution >= 4 is 54.0 Å². The van der Waals surface area contributed by atoms with Crippen molar-refractivity contribution in [1.29, 1.82) is 0 Å². The predicted octanol–water partition coefficient (Wildman–Crippen LogP) is 4.11. The Bertz CT molecular complexity index is 1240. The average Bonchev–Trinajstić information content (AvgIpc) is 3.51. The van der Waals surface area contributed by atoms with E-state index in [2.05, 4.69) is 17.9 Å². The number of nitrogens with zero attached hydrogens (tertiary/aromatic N) is 4. The third-order valence-corrected chi connectivity index (χ3v) is 10.4. The topological polar surface area (TPSA) is 73.8 Å². The highest BCUT2D eigenvalue weighted by Gasteiger charge is 2.42. The zero-order valence-corrected chi connectivity index (χ0v) is 21.9. The summed E-state index contributed by atoms with van der Waals surface area (Å²) in [5, 5.41) is 2.39. The van der Waals surface area contributed by atoms with Gasteiger partial charge in [-0.1, -0.05) is 23.5 Å². The minimum absolute atomic E-state index is 0.181. The van der Waals surface area contributed by atoms with Gasteiger partial charge in [0.1, 0.15) is 10.3 Å². The number of sulfonamides is 1. The van der Waals surface area contributed by atoms with Crippen molar-refractivity contribution in [2.24, 2.45) is 0 Å². The molecule has 1 aliphatic heterocycles. The van der Waals surface area contributed by atoms with Gasteiger partial charge in [-0.25, -0.2) is 13.4 Å². The first-order chi connectivity index (χ1) is 15.7. The summed E-state index contributed by atoms with van der Waals surface area (Å²) in [6.45, 7) is 5.78. The molecule has 0 radical (unpaired) electrons. The zero-order chi connectivity index (χ0) is 23.8. The Labute approximate surface area is 203 Å². The van der Waals surface area contributed by atoms with Gasteiger partial charge >= 0.3 is 0 Å². The molecule has 1 fully saturated rings. The van der Waals surface area contributed by atoms with Crippen molar-refractivity contribution < 1.29 is 13.2 Å². The molecule has 0 spiro atoms. The van der Waals surface area contributed by atoms with E-state index in [-0.39, 0.29) is 10.1 Å². The second-order valence-electron chi connectivity index (χ2n) is 8.78. The molecule has 1 saturated heterocycles. The van der Waals surface area contributed by atoms with E-state index in [1.165, 1.54) is 27.0 Å². The van der Waals surface area contributed by atoms with Crippen LogP contribution in [0.4, 0.5) is 5.13 Å². The second-order valence-corrected chi connectivity index (χ2v) is 12.8. The number of hydrogen-bond donors (Lipinski definition) is 0. The molecule has 0 saturated carbocycles. The molecule has 0 aliphatic carbocycles. The van der Waals surface area contributed by atoms with E-state index in [0.717, 1.165) is 34.3 Å². The fourth-order valence-electron chi connectivity index (χ4n) is 4.31. The first kappa shape index (κ1) is 24.3. The maximum atomic E-state index is 13.9. The van der Waals surface area contributed by atoms with E-state index < -0.39 is 16.1 Å². The molecule has 2 aromatic heterocycles. The lowest BCUT2D eigenvalue weighted by molar-refractivity contribution is -0.121. The average molecular weight is 507 g/mol. The van der Waals surface area contributed by atoms with Crippen LogP contribution >= 0.6 is 22.7 Å². The number of aryl methyl sites for hydroxylation is 2. The number of rotatable bonds is 8. The number of aromatic nitrogens is 1. The summed E-state index contributed by atoms with van der Waals surface area (Å²) in [4.78, 5) is 22.5. The predicted molar refractivity (Wildman–Crippen MR) is 136 cm³/mol. The maximum Gasteiger partial charge on any atom is 0.253 e. The Balaban J connectivity index is 1.68. The number of thiazole rings is 1. The van der Waals surface area contributed by atoms with E-state index in [4.69, 9.17) is 4.98 Å². The Morgan fingerprint density at radius 2 is 2.03 bits per heavy atom. The van der Waals surface area contributed by atoms with Crippen LogP contribution in [0.25, 0.3) is 10.2 Å². The number of thiophene rings is 1. The first-order valence-corrected chi connectivity index (χ1v) is 14.2. The highest BCUT2D eigenvalue weighted by atomic mass is 32.2. The van der Waals surface area contributed by atoms with Crippen LogP contribution < -0.4 is 4.90 Å². The van der Waals surface area contributed by atoms with Gasteiger partial charge in [-0.15, -0.1) is 11.3 Å². The molecule has 10 heteroatoms. The van der Waals surface area contributed by atoms with E-state index in [9.17, 15) is 13.2 Å². The normalized spacial score (nSPS) is 17.3. The van der Waals surface area contributed by atoms with Gasteiger partial charge in [0.25, 0.3) is 10.0 Å². The monoisotopic (exact) mass is 506 g/mol. The van der Waals surface area contributed by atoms with Crippen molar-refractivity contribution in [2.75, 3.05) is 38.6 Å². The summed E-state index contributed by atoms with van der Waals surface area (Å²) >= 11 is 2.70. The SMILES string of the molecule is Cc1cc(C)c2sc(N(CCCN(C)C)C(=O)C3CCCN3S(=O)(=O)c3cccs3)nc2c1. The molecule has 7 nitrogen and oxygen atoms in total. The van der Waals surface area contributed by atoms with Crippen molar-refractivity contribution in [3.05, 3.63) is 40.8 Å². The van der Waals surface area contributed by atoms with E-state index in [0.29, 0.717) is 31.1 Å². The van der Waals surface area contributed by atoms with Crippen molar-refractivity contribution in [2.45, 2.75) is 43.4 Å². The van der Waals surface area contributed by atoms with Gasteiger partial charge in [-0.2, -0.15) is 4.31 Å². The van der Waals surface area contributed by atoms with Crippen LogP contribution in [0, 0.1) is 13.8 Å². The number of amides is 1. The van der Waals surface area contributed by atoms with Crippen LogP contribution in [0.5, 0.6) is 0 Å². The molecule has 0 bridgehead atoms. The number of anilines is 1. The third-order valence-electron chi connectivity index (χ3n) is 5.84. The molecule has 1 atom stereocenters. The smallest absolute Gasteiger partial charge is 0.253 e. The number of carbonyl (C=O) groups excluding carboxylic acids is 1. The van der Waals surface area contributed by atoms with Gasteiger partial charge in [0.2, 0.25) is 5.91 Å². The molecule has 1 aromatic carbocycles. The Morgan fingerprint density at radius 1 is 1.24 bits per heavy atom. The summed E-state index contributed by atoms with van der Waals surface area (Å²) in [7, 11) is 0.307. The molecule has 3 aromatic rings. The van der Waals surface area contributed by atoms with Crippen LogP contribution in [0.1, 0.15) is 30.4 Å². The summed E-state index contributed by atoms with van der Waals surface area (Å²) in [5.41, 5.74) is 3.15. The zero-order valence-electron chi connectivity index (χ0n) is 19.4. The van der Waals surface area contributed by atoms with Crippen LogP contribution in [-0.2, 0) is 14.8 Å². The van der Waals surface area contributed by atoms with Gasteiger partial charge in [-0.05, 0) is 82.4 Å². The molecular formula is C23H30N4O3S3. The molecule has 0 N–H and O–H groups in total. The van der Waals surface area contributed by atoms with Crippen molar-refractivity contribution in [3.63, 3.8) is 0 Å². The fourth-order valence-corrected chi connectivity index (χ4v) is 8.12. The van der Waals surface area contributed by atoms with Crippen molar-refractivity contribution in [1.82, 2.24) is 14.2 Å². The minimum atomic E-state index is -3.70. The Morgan fingerprint density at radius 3 is 2.73 bits per heavy atom. The Kier molecular flexibility index (Phi) is 7.20. The van der Waals surface area contributed by atoms with E-state index in [1.54, 1.807) is 22.4 Å². The van der Waals surface area contributed by atoms with Gasteiger partial charge < -0.3 is 4.90 Å². The number of hydrogen-bond acceptors (Lipinski definition) is 7. The molecule has 1 amide bonds. The fraction of sp³-hybridized carbons (Fsp3) is 0.478. The molecule has 33 heavy (non-hydrogen) atoms. The van der Waals surface area contributed by atoms with E-state index >= 15 is 0 Å². The lowest BCUT2D eigenvalue weighted by Gasteiger charge is -2.28. The highest BCUT2D eigenvalue weighted by molar-refractivity contribution is 7.91. The largest absolute Gasteiger partial charge is 0.309 e. The molecule has 4 rings (SSSR count). The van der Waals surface area contributed by atoms with Gasteiger partial charge in [-0.3, -0.25) is 9.69 Å². The number of carbonyl (C=O) groups is 1. The highest BCUT2D eigenvalue weighted by Crippen LogP contribution is 2.35. The molecule has 3 heterocycles. The number of fused-ring (bicyclic) bond motifs is 1. The van der Waals surface area contributed by atoms with Crippen LogP contribution in [0.15, 0.2) is 33.9 Å². The first-order valence-electron chi connectivity index (χ1n) is 11.1.